The molecule has 2 rings (SSSR count). The second-order valence-corrected chi connectivity index (χ2v) is 8.42. The van der Waals surface area contributed by atoms with Crippen molar-refractivity contribution >= 4 is 26.4 Å². The summed E-state index contributed by atoms with van der Waals surface area (Å²) in [4.78, 5) is 4.46. The van der Waals surface area contributed by atoms with E-state index in [9.17, 15) is 8.42 Å². The average molecular weight is 308 g/mol. The number of benzene rings is 1. The maximum absolute atomic E-state index is 12.8. The molecule has 0 spiro atoms. The maximum Gasteiger partial charge on any atom is 0.186 e. The van der Waals surface area contributed by atoms with Gasteiger partial charge in [0, 0.05) is 30.4 Å². The number of aromatic nitrogens is 1. The first-order valence-corrected chi connectivity index (χ1v) is 8.10. The van der Waals surface area contributed by atoms with Gasteiger partial charge in [-0.15, -0.1) is 0 Å². The van der Waals surface area contributed by atoms with Crippen molar-refractivity contribution in [1.82, 2.24) is 4.98 Å². The monoisotopic (exact) mass is 308 g/mol. The van der Waals surface area contributed by atoms with Crippen molar-refractivity contribution in [1.29, 1.82) is 0 Å². The van der Waals surface area contributed by atoms with E-state index in [0.29, 0.717) is 11.3 Å². The molecule has 0 atom stereocenters. The van der Waals surface area contributed by atoms with E-state index in [1.54, 1.807) is 46.1 Å². The van der Waals surface area contributed by atoms with Gasteiger partial charge in [-0.1, -0.05) is 0 Å². The van der Waals surface area contributed by atoms with Gasteiger partial charge >= 0.3 is 0 Å². The molecular formula is C15H20N2O3S. The molecule has 6 heteroatoms. The van der Waals surface area contributed by atoms with Crippen LogP contribution in [-0.4, -0.2) is 32.3 Å². The molecular weight excluding hydrogens is 288 g/mol. The summed E-state index contributed by atoms with van der Waals surface area (Å²) in [6, 6.07) is 5.10. The van der Waals surface area contributed by atoms with Gasteiger partial charge in [-0.05, 0) is 32.9 Å². The van der Waals surface area contributed by atoms with Crippen molar-refractivity contribution in [2.24, 2.45) is 0 Å². The molecule has 0 unspecified atom stereocenters. The quantitative estimate of drug-likeness (QED) is 0.944. The van der Waals surface area contributed by atoms with Crippen molar-refractivity contribution in [3.63, 3.8) is 0 Å². The van der Waals surface area contributed by atoms with Crippen LogP contribution in [0.25, 0.3) is 10.9 Å². The highest BCUT2D eigenvalue weighted by Gasteiger charge is 2.34. The van der Waals surface area contributed by atoms with Crippen LogP contribution in [0.2, 0.25) is 0 Å². The zero-order valence-electron chi connectivity index (χ0n) is 12.9. The average Bonchev–Trinajstić information content (AvgIpc) is 2.43. The zero-order chi connectivity index (χ0) is 15.8. The number of nitrogens with one attached hydrogen (secondary N) is 1. The highest BCUT2D eigenvalue weighted by atomic mass is 32.2. The molecule has 1 aromatic carbocycles. The van der Waals surface area contributed by atoms with Crippen molar-refractivity contribution in [3.05, 3.63) is 24.4 Å². The van der Waals surface area contributed by atoms with Gasteiger partial charge in [-0.2, -0.15) is 0 Å². The van der Waals surface area contributed by atoms with Crippen LogP contribution < -0.4 is 10.1 Å². The molecule has 5 nitrogen and oxygen atoms in total. The summed E-state index contributed by atoms with van der Waals surface area (Å²) in [6.45, 7) is 5.02. The fraction of sp³-hybridized carbons (Fsp3) is 0.400. The Morgan fingerprint density at radius 1 is 1.24 bits per heavy atom. The maximum atomic E-state index is 12.8. The lowest BCUT2D eigenvalue weighted by molar-refractivity contribution is 0.402. The van der Waals surface area contributed by atoms with Crippen LogP contribution in [0.1, 0.15) is 20.8 Å². The first-order chi connectivity index (χ1) is 9.72. The smallest absolute Gasteiger partial charge is 0.186 e. The van der Waals surface area contributed by atoms with Crippen LogP contribution in [0.5, 0.6) is 5.75 Å². The molecule has 0 aliphatic carbocycles. The third kappa shape index (κ3) is 2.55. The van der Waals surface area contributed by atoms with E-state index in [4.69, 9.17) is 4.74 Å². The lowest BCUT2D eigenvalue weighted by Gasteiger charge is -2.21. The van der Waals surface area contributed by atoms with Crippen molar-refractivity contribution in [3.8, 4) is 5.75 Å². The number of sulfone groups is 1. The number of methoxy groups -OCH3 is 1. The third-order valence-corrected chi connectivity index (χ3v) is 5.90. The summed E-state index contributed by atoms with van der Waals surface area (Å²) < 4.78 is 29.9. The molecule has 0 saturated heterocycles. The summed E-state index contributed by atoms with van der Waals surface area (Å²) in [5.41, 5.74) is 1.51. The number of rotatable bonds is 3. The number of anilines is 1. The Balaban J connectivity index is 2.86. The minimum atomic E-state index is -3.52. The first-order valence-electron chi connectivity index (χ1n) is 6.61. The lowest BCUT2D eigenvalue weighted by Crippen LogP contribution is -2.28. The zero-order valence-corrected chi connectivity index (χ0v) is 13.7. The van der Waals surface area contributed by atoms with Crippen LogP contribution in [0.4, 0.5) is 5.69 Å². The van der Waals surface area contributed by atoms with E-state index < -0.39 is 14.6 Å². The number of hydrogen-bond acceptors (Lipinski definition) is 5. The number of nitrogens with zero attached hydrogens (tertiary/aromatic N) is 1. The number of ether oxygens (including phenoxy) is 1. The van der Waals surface area contributed by atoms with Gasteiger partial charge in [0.1, 0.15) is 10.6 Å². The van der Waals surface area contributed by atoms with Crippen LogP contribution in [-0.2, 0) is 9.84 Å². The Bertz CT molecular complexity index is 777. The molecule has 0 amide bonds. The molecule has 114 valence electrons. The summed E-state index contributed by atoms with van der Waals surface area (Å²) in [5.74, 6) is 0.318. The van der Waals surface area contributed by atoms with Gasteiger partial charge in [0.2, 0.25) is 0 Å². The van der Waals surface area contributed by atoms with E-state index in [-0.39, 0.29) is 4.90 Å². The standard InChI is InChI=1S/C15H20N2O3S/c1-15(2,3)21(18,19)14-8-10-11(16-4)6-7-17-12(10)9-13(14)20-5/h6-9H,1-5H3,(H,16,17). The topological polar surface area (TPSA) is 68.3 Å². The third-order valence-electron chi connectivity index (χ3n) is 3.39. The molecule has 0 bridgehead atoms. The SMILES string of the molecule is CNc1ccnc2cc(OC)c(S(=O)(=O)C(C)(C)C)cc12. The predicted octanol–water partition coefficient (Wildman–Crippen LogP) is 2.86. The van der Waals surface area contributed by atoms with Crippen LogP contribution in [0, 0.1) is 0 Å². The molecule has 0 radical (unpaired) electrons. The summed E-state index contributed by atoms with van der Waals surface area (Å²) in [6.07, 6.45) is 1.67. The lowest BCUT2D eigenvalue weighted by atomic mass is 10.2. The molecule has 2 aromatic rings. The van der Waals surface area contributed by atoms with E-state index in [1.807, 2.05) is 6.07 Å². The highest BCUT2D eigenvalue weighted by Crippen LogP contribution is 2.36. The Kier molecular flexibility index (Phi) is 3.84. The minimum Gasteiger partial charge on any atom is -0.495 e. The second kappa shape index (κ2) is 5.18. The highest BCUT2D eigenvalue weighted by molar-refractivity contribution is 7.92. The molecule has 0 aliphatic rings. The largest absolute Gasteiger partial charge is 0.495 e. The number of hydrogen-bond donors (Lipinski definition) is 1. The molecule has 21 heavy (non-hydrogen) atoms. The fourth-order valence-electron chi connectivity index (χ4n) is 2.07. The van der Waals surface area contributed by atoms with Crippen LogP contribution in [0.3, 0.4) is 0 Å². The molecule has 0 aliphatic heterocycles. The molecule has 0 fully saturated rings. The number of pyridine rings is 1. The molecule has 1 heterocycles. The molecule has 0 saturated carbocycles. The van der Waals surface area contributed by atoms with E-state index in [2.05, 4.69) is 10.3 Å². The van der Waals surface area contributed by atoms with Crippen LogP contribution >= 0.6 is 0 Å². The Labute approximate surface area is 125 Å². The molecule has 1 aromatic heterocycles. The summed E-state index contributed by atoms with van der Waals surface area (Å²) in [7, 11) is -0.264. The Morgan fingerprint density at radius 2 is 1.90 bits per heavy atom. The van der Waals surface area contributed by atoms with Crippen molar-refractivity contribution < 1.29 is 13.2 Å². The van der Waals surface area contributed by atoms with E-state index >= 15 is 0 Å². The summed E-state index contributed by atoms with van der Waals surface area (Å²) >= 11 is 0. The fourth-order valence-corrected chi connectivity index (χ4v) is 3.41. The second-order valence-electron chi connectivity index (χ2n) is 5.74. The Hall–Kier alpha value is -1.82. The molecule has 1 N–H and O–H groups in total. The normalized spacial score (nSPS) is 12.4. The van der Waals surface area contributed by atoms with Crippen molar-refractivity contribution in [2.75, 3.05) is 19.5 Å². The van der Waals surface area contributed by atoms with Gasteiger partial charge in [0.15, 0.2) is 9.84 Å². The van der Waals surface area contributed by atoms with Crippen LogP contribution in [0.15, 0.2) is 29.3 Å². The van der Waals surface area contributed by atoms with Crippen molar-refractivity contribution in [2.45, 2.75) is 30.4 Å². The van der Waals surface area contributed by atoms with E-state index in [1.165, 1.54) is 7.11 Å². The first kappa shape index (κ1) is 15.6. The summed E-state index contributed by atoms with van der Waals surface area (Å²) in [5, 5.41) is 3.80. The number of fused-ring (bicyclic) bond motifs is 1. The Morgan fingerprint density at radius 3 is 2.43 bits per heavy atom. The minimum absolute atomic E-state index is 0.189. The predicted molar refractivity (Wildman–Crippen MR) is 84.8 cm³/mol. The van der Waals surface area contributed by atoms with Gasteiger partial charge in [0.05, 0.1) is 17.4 Å². The van der Waals surface area contributed by atoms with Gasteiger partial charge in [-0.25, -0.2) is 8.42 Å². The van der Waals surface area contributed by atoms with E-state index in [0.717, 1.165) is 11.1 Å². The van der Waals surface area contributed by atoms with Gasteiger partial charge in [-0.3, -0.25) is 4.98 Å². The van der Waals surface area contributed by atoms with Gasteiger partial charge < -0.3 is 10.1 Å². The van der Waals surface area contributed by atoms with Gasteiger partial charge in [0.25, 0.3) is 0 Å².